The van der Waals surface area contributed by atoms with Gasteiger partial charge in [-0.2, -0.15) is 5.10 Å². The first-order chi connectivity index (χ1) is 11.2. The Labute approximate surface area is 148 Å². The molecule has 0 atom stereocenters. The highest BCUT2D eigenvalue weighted by Crippen LogP contribution is 2.21. The average molecular weight is 349 g/mol. The monoisotopic (exact) mass is 348 g/mol. The van der Waals surface area contributed by atoms with Crippen molar-refractivity contribution in [3.8, 4) is 0 Å². The highest BCUT2D eigenvalue weighted by Gasteiger charge is 2.19. The molecule has 130 valence electrons. The normalized spacial score (nSPS) is 11.6. The van der Waals surface area contributed by atoms with Crippen molar-refractivity contribution in [1.29, 1.82) is 0 Å². The van der Waals surface area contributed by atoms with E-state index in [-0.39, 0.29) is 11.3 Å². The summed E-state index contributed by atoms with van der Waals surface area (Å²) in [6.45, 7) is 8.92. The molecule has 2 aromatic heterocycles. The van der Waals surface area contributed by atoms with E-state index in [0.29, 0.717) is 23.7 Å². The van der Waals surface area contributed by atoms with Gasteiger partial charge in [-0.05, 0) is 29.9 Å². The minimum atomic E-state index is -0.228. The lowest BCUT2D eigenvalue weighted by molar-refractivity contribution is 0.0941. The number of aromatic nitrogens is 3. The van der Waals surface area contributed by atoms with E-state index in [9.17, 15) is 4.79 Å². The topological polar surface area (TPSA) is 59.8 Å². The fourth-order valence-corrected chi connectivity index (χ4v) is 2.88. The van der Waals surface area contributed by atoms with Crippen LogP contribution < -0.4 is 5.32 Å². The Morgan fingerprint density at radius 1 is 1.33 bits per heavy atom. The van der Waals surface area contributed by atoms with Gasteiger partial charge in [0.15, 0.2) is 0 Å². The van der Waals surface area contributed by atoms with Gasteiger partial charge in [0.25, 0.3) is 5.91 Å². The SMILES string of the molecule is CCc1nn(C)c(C(=O)NCc2ccc(CC(C)(C)C)nc2)c1Cl. The second-order valence-corrected chi connectivity index (χ2v) is 7.54. The third kappa shape index (κ3) is 4.57. The van der Waals surface area contributed by atoms with E-state index in [1.54, 1.807) is 7.05 Å². The molecular weight excluding hydrogens is 324 g/mol. The summed E-state index contributed by atoms with van der Waals surface area (Å²) < 4.78 is 1.53. The van der Waals surface area contributed by atoms with E-state index >= 15 is 0 Å². The summed E-state index contributed by atoms with van der Waals surface area (Å²) >= 11 is 6.23. The van der Waals surface area contributed by atoms with Gasteiger partial charge < -0.3 is 5.32 Å². The maximum atomic E-state index is 12.4. The first kappa shape index (κ1) is 18.5. The van der Waals surface area contributed by atoms with Crippen molar-refractivity contribution in [1.82, 2.24) is 20.1 Å². The molecule has 0 aliphatic carbocycles. The second-order valence-electron chi connectivity index (χ2n) is 7.16. The largest absolute Gasteiger partial charge is 0.347 e. The molecule has 1 N–H and O–H groups in total. The molecule has 0 aliphatic heterocycles. The third-order valence-corrected chi connectivity index (χ3v) is 4.05. The lowest BCUT2D eigenvalue weighted by Crippen LogP contribution is -2.25. The zero-order chi connectivity index (χ0) is 17.9. The molecule has 0 radical (unpaired) electrons. The average Bonchev–Trinajstić information content (AvgIpc) is 2.79. The number of hydrogen-bond acceptors (Lipinski definition) is 3. The number of nitrogens with one attached hydrogen (secondary N) is 1. The standard InChI is InChI=1S/C18H25ClN4O/c1-6-14-15(19)16(23(5)22-14)17(24)21-11-12-7-8-13(20-10-12)9-18(2,3)4/h7-8,10H,6,9,11H2,1-5H3,(H,21,24). The highest BCUT2D eigenvalue weighted by molar-refractivity contribution is 6.34. The summed E-state index contributed by atoms with van der Waals surface area (Å²) in [5.74, 6) is -0.228. The van der Waals surface area contributed by atoms with Crippen LogP contribution in [0.3, 0.4) is 0 Å². The number of hydrogen-bond donors (Lipinski definition) is 1. The molecule has 0 aromatic carbocycles. The lowest BCUT2D eigenvalue weighted by Gasteiger charge is -2.17. The van der Waals surface area contributed by atoms with Crippen molar-refractivity contribution in [3.05, 3.63) is 46.0 Å². The molecule has 2 aromatic rings. The fraction of sp³-hybridized carbons (Fsp3) is 0.500. The number of amides is 1. The van der Waals surface area contributed by atoms with E-state index < -0.39 is 0 Å². The van der Waals surface area contributed by atoms with Gasteiger partial charge in [-0.15, -0.1) is 0 Å². The molecule has 0 aliphatic rings. The summed E-state index contributed by atoms with van der Waals surface area (Å²) in [5, 5.41) is 7.57. The zero-order valence-electron chi connectivity index (χ0n) is 15.0. The van der Waals surface area contributed by atoms with Crippen LogP contribution in [-0.2, 0) is 26.4 Å². The number of carbonyl (C=O) groups is 1. The van der Waals surface area contributed by atoms with Crippen LogP contribution in [0.4, 0.5) is 0 Å². The van der Waals surface area contributed by atoms with Gasteiger partial charge in [0, 0.05) is 25.5 Å². The predicted molar refractivity (Wildman–Crippen MR) is 96.2 cm³/mol. The van der Waals surface area contributed by atoms with Gasteiger partial charge >= 0.3 is 0 Å². The van der Waals surface area contributed by atoms with E-state index in [0.717, 1.165) is 23.4 Å². The summed E-state index contributed by atoms with van der Waals surface area (Å²) in [6.07, 6.45) is 3.42. The molecule has 0 fully saturated rings. The molecule has 5 nitrogen and oxygen atoms in total. The molecule has 1 amide bonds. The molecule has 0 saturated carbocycles. The Balaban J connectivity index is 2.01. The molecule has 0 spiro atoms. The second kappa shape index (κ2) is 7.34. The van der Waals surface area contributed by atoms with Crippen LogP contribution in [0.15, 0.2) is 18.3 Å². The van der Waals surface area contributed by atoms with Crippen LogP contribution in [-0.4, -0.2) is 20.7 Å². The van der Waals surface area contributed by atoms with Crippen molar-refractivity contribution in [2.24, 2.45) is 12.5 Å². The van der Waals surface area contributed by atoms with Gasteiger partial charge in [0.05, 0.1) is 10.7 Å². The predicted octanol–water partition coefficient (Wildman–Crippen LogP) is 3.55. The Hall–Kier alpha value is -1.88. The maximum Gasteiger partial charge on any atom is 0.271 e. The molecule has 0 saturated heterocycles. The number of nitrogens with zero attached hydrogens (tertiary/aromatic N) is 3. The number of carbonyl (C=O) groups excluding carboxylic acids is 1. The van der Waals surface area contributed by atoms with Crippen LogP contribution in [0.2, 0.25) is 5.02 Å². The van der Waals surface area contributed by atoms with E-state index in [1.165, 1.54) is 4.68 Å². The van der Waals surface area contributed by atoms with Gasteiger partial charge in [0.1, 0.15) is 5.69 Å². The van der Waals surface area contributed by atoms with Gasteiger partial charge in [-0.25, -0.2) is 0 Å². The Kier molecular flexibility index (Phi) is 5.65. The molecule has 6 heteroatoms. The van der Waals surface area contributed by atoms with Crippen LogP contribution in [0.1, 0.15) is 55.1 Å². The highest BCUT2D eigenvalue weighted by atomic mass is 35.5. The maximum absolute atomic E-state index is 12.4. The smallest absolute Gasteiger partial charge is 0.271 e. The van der Waals surface area contributed by atoms with Crippen molar-refractivity contribution < 1.29 is 4.79 Å². The quantitative estimate of drug-likeness (QED) is 0.898. The van der Waals surface area contributed by atoms with Gasteiger partial charge in [-0.3, -0.25) is 14.5 Å². The molecule has 0 unspecified atom stereocenters. The molecule has 0 bridgehead atoms. The number of aryl methyl sites for hydroxylation is 2. The Bertz CT molecular complexity index is 714. The summed E-state index contributed by atoms with van der Waals surface area (Å²) in [5.41, 5.74) is 3.34. The molecule has 2 rings (SSSR count). The lowest BCUT2D eigenvalue weighted by atomic mass is 9.90. The van der Waals surface area contributed by atoms with Crippen LogP contribution in [0, 0.1) is 5.41 Å². The number of halogens is 1. The number of pyridine rings is 1. The fourth-order valence-electron chi connectivity index (χ4n) is 2.50. The molecule has 2 heterocycles. The van der Waals surface area contributed by atoms with E-state index in [2.05, 4.69) is 36.2 Å². The van der Waals surface area contributed by atoms with Crippen molar-refractivity contribution in [2.75, 3.05) is 0 Å². The van der Waals surface area contributed by atoms with Crippen molar-refractivity contribution in [2.45, 2.75) is 47.1 Å². The summed E-state index contributed by atoms with van der Waals surface area (Å²) in [4.78, 5) is 16.8. The first-order valence-electron chi connectivity index (χ1n) is 8.14. The Morgan fingerprint density at radius 3 is 2.54 bits per heavy atom. The third-order valence-electron chi connectivity index (χ3n) is 3.66. The van der Waals surface area contributed by atoms with Crippen molar-refractivity contribution in [3.63, 3.8) is 0 Å². The van der Waals surface area contributed by atoms with Crippen LogP contribution >= 0.6 is 11.6 Å². The summed E-state index contributed by atoms with van der Waals surface area (Å²) in [6, 6.07) is 4.01. The minimum absolute atomic E-state index is 0.204. The van der Waals surface area contributed by atoms with Crippen LogP contribution in [0.5, 0.6) is 0 Å². The Morgan fingerprint density at radius 2 is 2.04 bits per heavy atom. The minimum Gasteiger partial charge on any atom is -0.347 e. The van der Waals surface area contributed by atoms with Crippen molar-refractivity contribution >= 4 is 17.5 Å². The van der Waals surface area contributed by atoms with Gasteiger partial charge in [0.2, 0.25) is 0 Å². The number of rotatable bonds is 5. The molecule has 24 heavy (non-hydrogen) atoms. The summed E-state index contributed by atoms with van der Waals surface area (Å²) in [7, 11) is 1.73. The van der Waals surface area contributed by atoms with E-state index in [1.807, 2.05) is 25.3 Å². The molecular formula is C18H25ClN4O. The first-order valence-corrected chi connectivity index (χ1v) is 8.52. The van der Waals surface area contributed by atoms with Crippen LogP contribution in [0.25, 0.3) is 0 Å². The van der Waals surface area contributed by atoms with E-state index in [4.69, 9.17) is 11.6 Å². The van der Waals surface area contributed by atoms with Gasteiger partial charge in [-0.1, -0.05) is 45.4 Å². The zero-order valence-corrected chi connectivity index (χ0v) is 15.7.